The first-order valence-corrected chi connectivity index (χ1v) is 3.07. The topological polar surface area (TPSA) is 26.3 Å². The maximum atomic E-state index is 10.1. The predicted molar refractivity (Wildman–Crippen MR) is 33.9 cm³/mol. The molecule has 50 valence electrons. The Balaban J connectivity index is 2.62. The van der Waals surface area contributed by atoms with Crippen molar-refractivity contribution >= 4 is 6.29 Å². The van der Waals surface area contributed by atoms with E-state index >= 15 is 0 Å². The summed E-state index contributed by atoms with van der Waals surface area (Å²) in [4.78, 5) is 10.1. The Hall–Kier alpha value is -0.790. The van der Waals surface area contributed by atoms with Crippen LogP contribution >= 0.6 is 0 Å². The predicted octanol–water partition coefficient (Wildman–Crippen LogP) is 1.12. The molecule has 2 nitrogen and oxygen atoms in total. The zero-order valence-corrected chi connectivity index (χ0v) is 5.63. The van der Waals surface area contributed by atoms with Crippen molar-refractivity contribution in [1.29, 1.82) is 0 Å². The summed E-state index contributed by atoms with van der Waals surface area (Å²) in [5, 5.41) is 0. The Morgan fingerprint density at radius 2 is 2.33 bits per heavy atom. The number of carbonyl (C=O) groups is 1. The number of hydrogen-bond acceptors (Lipinski definition) is 2. The SMILES string of the molecule is CC1OC(C=O)=C[C@@H]1C. The van der Waals surface area contributed by atoms with E-state index in [4.69, 9.17) is 4.74 Å². The molecule has 9 heavy (non-hydrogen) atoms. The minimum Gasteiger partial charge on any atom is -0.487 e. The fourth-order valence-electron chi connectivity index (χ4n) is 0.823. The molecule has 0 aliphatic carbocycles. The van der Waals surface area contributed by atoms with E-state index < -0.39 is 0 Å². The van der Waals surface area contributed by atoms with Gasteiger partial charge in [-0.2, -0.15) is 0 Å². The number of allylic oxidation sites excluding steroid dienone is 1. The van der Waals surface area contributed by atoms with Crippen molar-refractivity contribution in [2.45, 2.75) is 20.0 Å². The standard InChI is InChI=1S/C7H10O2/c1-5-3-7(4-8)9-6(5)2/h3-6H,1-2H3/t5-,6?/m0/s1. The molecular weight excluding hydrogens is 116 g/mol. The second-order valence-corrected chi connectivity index (χ2v) is 2.37. The first kappa shape index (κ1) is 6.33. The van der Waals surface area contributed by atoms with Gasteiger partial charge < -0.3 is 4.74 Å². The van der Waals surface area contributed by atoms with Gasteiger partial charge in [-0.3, -0.25) is 4.79 Å². The lowest BCUT2D eigenvalue weighted by Gasteiger charge is -2.07. The molecule has 0 saturated heterocycles. The molecule has 0 spiro atoms. The molecule has 1 aliphatic heterocycles. The molecule has 0 radical (unpaired) electrons. The van der Waals surface area contributed by atoms with E-state index in [-0.39, 0.29) is 6.10 Å². The van der Waals surface area contributed by atoms with E-state index in [2.05, 4.69) is 0 Å². The molecule has 0 amide bonds. The molecule has 0 aromatic rings. The van der Waals surface area contributed by atoms with Gasteiger partial charge in [-0.05, 0) is 13.0 Å². The summed E-state index contributed by atoms with van der Waals surface area (Å²) >= 11 is 0. The highest BCUT2D eigenvalue weighted by Crippen LogP contribution is 2.20. The van der Waals surface area contributed by atoms with Gasteiger partial charge in [-0.1, -0.05) is 6.92 Å². The molecular formula is C7H10O2. The zero-order valence-electron chi connectivity index (χ0n) is 5.63. The molecule has 0 fully saturated rings. The lowest BCUT2D eigenvalue weighted by molar-refractivity contribution is -0.108. The van der Waals surface area contributed by atoms with Crippen molar-refractivity contribution in [2.24, 2.45) is 5.92 Å². The van der Waals surface area contributed by atoms with Gasteiger partial charge in [-0.25, -0.2) is 0 Å². The quantitative estimate of drug-likeness (QED) is 0.492. The zero-order chi connectivity index (χ0) is 6.85. The fourth-order valence-corrected chi connectivity index (χ4v) is 0.823. The summed E-state index contributed by atoms with van der Waals surface area (Å²) < 4.78 is 5.12. The monoisotopic (exact) mass is 126 g/mol. The molecule has 0 bridgehead atoms. The summed E-state index contributed by atoms with van der Waals surface area (Å²) in [5.74, 6) is 0.861. The van der Waals surface area contributed by atoms with Gasteiger partial charge in [0.25, 0.3) is 0 Å². The number of aldehydes is 1. The van der Waals surface area contributed by atoms with Crippen molar-refractivity contribution < 1.29 is 9.53 Å². The van der Waals surface area contributed by atoms with Crippen LogP contribution in [0.5, 0.6) is 0 Å². The molecule has 1 rings (SSSR count). The molecule has 1 heterocycles. The number of rotatable bonds is 1. The summed E-state index contributed by atoms with van der Waals surface area (Å²) in [6.07, 6.45) is 2.77. The van der Waals surface area contributed by atoms with Gasteiger partial charge in [-0.15, -0.1) is 0 Å². The molecule has 2 heteroatoms. The summed E-state index contributed by atoms with van der Waals surface area (Å²) in [7, 11) is 0. The van der Waals surface area contributed by atoms with Crippen LogP contribution in [0.3, 0.4) is 0 Å². The van der Waals surface area contributed by atoms with Crippen molar-refractivity contribution in [1.82, 2.24) is 0 Å². The molecule has 0 saturated carbocycles. The molecule has 0 N–H and O–H groups in total. The number of ether oxygens (including phenoxy) is 1. The third kappa shape index (κ3) is 1.12. The smallest absolute Gasteiger partial charge is 0.184 e. The van der Waals surface area contributed by atoms with Crippen molar-refractivity contribution in [2.75, 3.05) is 0 Å². The van der Waals surface area contributed by atoms with Gasteiger partial charge in [0.1, 0.15) is 6.10 Å². The average molecular weight is 126 g/mol. The number of hydrogen-bond donors (Lipinski definition) is 0. The first-order valence-electron chi connectivity index (χ1n) is 3.07. The fraction of sp³-hybridized carbons (Fsp3) is 0.571. The van der Waals surface area contributed by atoms with E-state index in [0.29, 0.717) is 11.7 Å². The van der Waals surface area contributed by atoms with Crippen LogP contribution in [0.2, 0.25) is 0 Å². The van der Waals surface area contributed by atoms with E-state index in [1.807, 2.05) is 19.9 Å². The largest absolute Gasteiger partial charge is 0.487 e. The van der Waals surface area contributed by atoms with Crippen LogP contribution < -0.4 is 0 Å². The minimum absolute atomic E-state index is 0.171. The van der Waals surface area contributed by atoms with E-state index in [1.54, 1.807) is 0 Å². The summed E-state index contributed by atoms with van der Waals surface area (Å²) in [5.41, 5.74) is 0. The van der Waals surface area contributed by atoms with Gasteiger partial charge in [0.05, 0.1) is 0 Å². The Kier molecular flexibility index (Phi) is 1.56. The number of carbonyl (C=O) groups excluding carboxylic acids is 1. The Bertz CT molecular complexity index is 149. The first-order chi connectivity index (χ1) is 4.24. The maximum absolute atomic E-state index is 10.1. The van der Waals surface area contributed by atoms with Gasteiger partial charge in [0, 0.05) is 5.92 Å². The highest BCUT2D eigenvalue weighted by Gasteiger charge is 2.19. The van der Waals surface area contributed by atoms with Crippen molar-refractivity contribution in [3.8, 4) is 0 Å². The van der Waals surface area contributed by atoms with Crippen LogP contribution in [0.15, 0.2) is 11.8 Å². The van der Waals surface area contributed by atoms with E-state index in [1.165, 1.54) is 0 Å². The Morgan fingerprint density at radius 1 is 1.67 bits per heavy atom. The van der Waals surface area contributed by atoms with Crippen molar-refractivity contribution in [3.05, 3.63) is 11.8 Å². The highest BCUT2D eigenvalue weighted by atomic mass is 16.5. The van der Waals surface area contributed by atoms with Gasteiger partial charge in [0.15, 0.2) is 12.0 Å². The van der Waals surface area contributed by atoms with Crippen LogP contribution in [0.25, 0.3) is 0 Å². The molecule has 0 aromatic heterocycles. The summed E-state index contributed by atoms with van der Waals surface area (Å²) in [6, 6.07) is 0. The molecule has 0 aromatic carbocycles. The van der Waals surface area contributed by atoms with Crippen LogP contribution in [0.1, 0.15) is 13.8 Å². The van der Waals surface area contributed by atoms with Gasteiger partial charge in [0.2, 0.25) is 0 Å². The highest BCUT2D eigenvalue weighted by molar-refractivity contribution is 5.70. The van der Waals surface area contributed by atoms with Crippen LogP contribution in [0, 0.1) is 5.92 Å². The Morgan fingerprint density at radius 3 is 2.56 bits per heavy atom. The third-order valence-electron chi connectivity index (χ3n) is 1.61. The normalized spacial score (nSPS) is 33.3. The van der Waals surface area contributed by atoms with E-state index in [0.717, 1.165) is 6.29 Å². The lowest BCUT2D eigenvalue weighted by atomic mass is 10.1. The second-order valence-electron chi connectivity index (χ2n) is 2.37. The van der Waals surface area contributed by atoms with E-state index in [9.17, 15) is 4.79 Å². The van der Waals surface area contributed by atoms with Crippen molar-refractivity contribution in [3.63, 3.8) is 0 Å². The van der Waals surface area contributed by atoms with Crippen LogP contribution in [-0.4, -0.2) is 12.4 Å². The maximum Gasteiger partial charge on any atom is 0.184 e. The Labute approximate surface area is 54.5 Å². The third-order valence-corrected chi connectivity index (χ3v) is 1.61. The minimum atomic E-state index is 0.171. The summed E-state index contributed by atoms with van der Waals surface area (Å²) in [6.45, 7) is 3.98. The molecule has 2 atom stereocenters. The van der Waals surface area contributed by atoms with Gasteiger partial charge >= 0.3 is 0 Å². The van der Waals surface area contributed by atoms with Crippen LogP contribution in [0.4, 0.5) is 0 Å². The average Bonchev–Trinajstić information content (AvgIpc) is 2.13. The molecule has 1 aliphatic rings. The molecule has 1 unspecified atom stereocenters. The van der Waals surface area contributed by atoms with Crippen LogP contribution in [-0.2, 0) is 9.53 Å². The lowest BCUT2D eigenvalue weighted by Crippen LogP contribution is -2.07. The second kappa shape index (κ2) is 2.21.